The van der Waals surface area contributed by atoms with Gasteiger partial charge < -0.3 is 98.6 Å². The third-order valence-electron chi connectivity index (χ3n) is 8.37. The van der Waals surface area contributed by atoms with E-state index in [2.05, 4.69) is 0 Å². The van der Waals surface area contributed by atoms with E-state index in [0.717, 1.165) is 0 Å². The van der Waals surface area contributed by atoms with E-state index in [1.54, 1.807) is 0 Å². The van der Waals surface area contributed by atoms with Crippen molar-refractivity contribution in [1.29, 1.82) is 0 Å². The highest BCUT2D eigenvalue weighted by Gasteiger charge is 2.54. The highest BCUT2D eigenvalue weighted by atomic mass is 16.8. The zero-order valence-corrected chi connectivity index (χ0v) is 22.8. The van der Waals surface area contributed by atoms with Gasteiger partial charge in [-0.2, -0.15) is 0 Å². The molecule has 0 radical (unpaired) electrons. The van der Waals surface area contributed by atoms with Gasteiger partial charge in [-0.3, -0.25) is 0 Å². The molecule has 3 heterocycles. The number of aliphatic hydroxyl groups excluding tert-OH is 7. The first-order chi connectivity index (χ1) is 19.8. The van der Waals surface area contributed by atoms with Crippen LogP contribution in [-0.2, 0) is 28.4 Å². The third kappa shape index (κ3) is 6.60. The fraction of sp³-hybridized carbons (Fsp3) is 1.00. The average Bonchev–Trinajstić information content (AvgIpc) is 3.27. The number of hydrogen-bond acceptors (Lipinski definition) is 19. The summed E-state index contributed by atoms with van der Waals surface area (Å²) < 4.78 is 34.6. The molecule has 42 heavy (non-hydrogen) atoms. The van der Waals surface area contributed by atoms with Crippen LogP contribution in [0.4, 0.5) is 0 Å². The van der Waals surface area contributed by atoms with Crippen molar-refractivity contribution in [1.82, 2.24) is 0 Å². The largest absolute Gasteiger partial charge is 0.394 e. The Morgan fingerprint density at radius 3 is 1.45 bits per heavy atom. The molecule has 1 aliphatic carbocycles. The molecular weight excluding hydrogens is 568 g/mol. The van der Waals surface area contributed by atoms with Gasteiger partial charge in [-0.1, -0.05) is 0 Å². The van der Waals surface area contributed by atoms with Gasteiger partial charge in [-0.05, 0) is 6.42 Å². The number of ether oxygens (including phenoxy) is 6. The molecule has 0 spiro atoms. The maximum absolute atomic E-state index is 11.1. The third-order valence-corrected chi connectivity index (χ3v) is 8.37. The highest BCUT2D eigenvalue weighted by Crippen LogP contribution is 2.34. The molecule has 1 saturated carbocycles. The molecule has 19 N–H and O–H groups in total. The molecule has 0 aromatic rings. The van der Waals surface area contributed by atoms with E-state index in [4.69, 9.17) is 62.8 Å². The lowest BCUT2D eigenvalue weighted by molar-refractivity contribution is -0.306. The Kier molecular flexibility index (Phi) is 11.5. The number of aliphatic hydroxyl groups is 7. The van der Waals surface area contributed by atoms with E-state index in [-0.39, 0.29) is 19.5 Å². The smallest absolute Gasteiger partial charge is 0.187 e. The second-order valence-corrected chi connectivity index (χ2v) is 11.2. The molecule has 0 aromatic carbocycles. The van der Waals surface area contributed by atoms with Gasteiger partial charge in [0, 0.05) is 25.2 Å². The van der Waals surface area contributed by atoms with Crippen LogP contribution in [0.1, 0.15) is 6.42 Å². The highest BCUT2D eigenvalue weighted by molar-refractivity contribution is 5.02. The molecule has 19 nitrogen and oxygen atoms in total. The summed E-state index contributed by atoms with van der Waals surface area (Å²) >= 11 is 0. The van der Waals surface area contributed by atoms with Crippen LogP contribution < -0.4 is 34.4 Å². The van der Waals surface area contributed by atoms with Gasteiger partial charge in [0.2, 0.25) is 0 Å². The minimum Gasteiger partial charge on any atom is -0.394 e. The van der Waals surface area contributed by atoms with Crippen LogP contribution in [-0.4, -0.2) is 172 Å². The van der Waals surface area contributed by atoms with Crippen molar-refractivity contribution >= 4 is 0 Å². The lowest BCUT2D eigenvalue weighted by atomic mass is 9.84. The maximum Gasteiger partial charge on any atom is 0.187 e. The normalized spacial score (nSPS) is 53.8. The van der Waals surface area contributed by atoms with Crippen LogP contribution in [0.3, 0.4) is 0 Å². The first kappa shape index (κ1) is 34.1. The fourth-order valence-electron chi connectivity index (χ4n) is 5.74. The van der Waals surface area contributed by atoms with Crippen LogP contribution in [0.5, 0.6) is 0 Å². The second kappa shape index (κ2) is 14.1. The Labute approximate surface area is 241 Å². The van der Waals surface area contributed by atoms with Gasteiger partial charge in [0.05, 0.1) is 24.8 Å². The molecule has 0 aromatic heterocycles. The van der Waals surface area contributed by atoms with E-state index < -0.39 is 123 Å². The quantitative estimate of drug-likeness (QED) is 0.115. The summed E-state index contributed by atoms with van der Waals surface area (Å²) in [6.07, 6.45) is -19.8. The first-order valence-electron chi connectivity index (χ1n) is 13.9. The Morgan fingerprint density at radius 1 is 0.524 bits per heavy atom. The van der Waals surface area contributed by atoms with E-state index >= 15 is 0 Å². The predicted molar refractivity (Wildman–Crippen MR) is 138 cm³/mol. The number of hydrogen-bond donors (Lipinski definition) is 13. The summed E-state index contributed by atoms with van der Waals surface area (Å²) in [5.74, 6) is 0. The van der Waals surface area contributed by atoms with Crippen molar-refractivity contribution in [3.8, 4) is 0 Å². The topological polar surface area (TPSA) is 353 Å². The number of rotatable bonds is 9. The molecule has 3 aliphatic heterocycles. The van der Waals surface area contributed by atoms with E-state index in [0.29, 0.717) is 0 Å². The second-order valence-electron chi connectivity index (χ2n) is 11.2. The van der Waals surface area contributed by atoms with Gasteiger partial charge in [0.1, 0.15) is 67.1 Å². The predicted octanol–water partition coefficient (Wildman–Crippen LogP) is -8.90. The molecular formula is C23H46N6O13. The molecule has 3 saturated heterocycles. The summed E-state index contributed by atoms with van der Waals surface area (Å²) in [5, 5.41) is 73.0. The minimum atomic E-state index is -1.60. The van der Waals surface area contributed by atoms with Crippen LogP contribution >= 0.6 is 0 Å². The average molecular weight is 615 g/mol. The zero-order chi connectivity index (χ0) is 31.0. The van der Waals surface area contributed by atoms with Crippen molar-refractivity contribution in [2.24, 2.45) is 34.4 Å². The minimum absolute atomic E-state index is 0.0889. The van der Waals surface area contributed by atoms with Crippen LogP contribution in [0.25, 0.3) is 0 Å². The zero-order valence-electron chi connectivity index (χ0n) is 22.8. The molecule has 246 valence electrons. The molecule has 0 bridgehead atoms. The summed E-state index contributed by atoms with van der Waals surface area (Å²) in [5.41, 5.74) is 35.6. The van der Waals surface area contributed by atoms with Gasteiger partial charge in [0.15, 0.2) is 18.9 Å². The van der Waals surface area contributed by atoms with Crippen molar-refractivity contribution < 1.29 is 64.2 Å². The van der Waals surface area contributed by atoms with Crippen LogP contribution in [0, 0.1) is 0 Å². The molecule has 4 rings (SSSR count). The molecule has 19 heteroatoms. The summed E-state index contributed by atoms with van der Waals surface area (Å²) in [6.45, 7) is -0.967. The SMILES string of the molecule is NCC1O[C@H](O[C@@H]2C(N)C[C@@H](N)C(O)[C@@H]2OC2OC(CO)[C@@H](O[C@H]3OC(CN)[C@@H](O)[C@@H](O)C3N)C2O)C(N)C(O)[C@@H]1O. The molecule has 0 amide bonds. The summed E-state index contributed by atoms with van der Waals surface area (Å²) in [4.78, 5) is 0. The Morgan fingerprint density at radius 2 is 0.976 bits per heavy atom. The molecule has 4 aliphatic rings. The summed E-state index contributed by atoms with van der Waals surface area (Å²) in [6, 6.07) is -4.18. The van der Waals surface area contributed by atoms with Gasteiger partial charge in [0.25, 0.3) is 0 Å². The van der Waals surface area contributed by atoms with Gasteiger partial charge in [-0.15, -0.1) is 0 Å². The molecule has 4 fully saturated rings. The van der Waals surface area contributed by atoms with Crippen LogP contribution in [0.15, 0.2) is 0 Å². The van der Waals surface area contributed by atoms with E-state index in [9.17, 15) is 35.7 Å². The van der Waals surface area contributed by atoms with Crippen molar-refractivity contribution in [2.45, 2.75) is 123 Å². The molecule has 19 atom stereocenters. The maximum atomic E-state index is 11.1. The lowest BCUT2D eigenvalue weighted by Crippen LogP contribution is -2.68. The van der Waals surface area contributed by atoms with Crippen molar-refractivity contribution in [3.63, 3.8) is 0 Å². The number of nitrogens with two attached hydrogens (primary N) is 6. The fourth-order valence-corrected chi connectivity index (χ4v) is 5.74. The Balaban J connectivity index is 1.50. The van der Waals surface area contributed by atoms with Gasteiger partial charge in [-0.25, -0.2) is 0 Å². The lowest BCUT2D eigenvalue weighted by Gasteiger charge is -2.47. The van der Waals surface area contributed by atoms with E-state index in [1.165, 1.54) is 0 Å². The van der Waals surface area contributed by atoms with E-state index in [1.807, 2.05) is 0 Å². The van der Waals surface area contributed by atoms with Crippen molar-refractivity contribution in [2.75, 3.05) is 19.7 Å². The van der Waals surface area contributed by atoms with Crippen molar-refractivity contribution in [3.05, 3.63) is 0 Å². The van der Waals surface area contributed by atoms with Crippen LogP contribution in [0.2, 0.25) is 0 Å². The standard InChI is InChI=1S/C23H46N6O13/c24-2-7-13(32)15(34)10(28)21(37-7)40-18-6(27)1-5(26)12(31)20(18)42-23-17(36)19(9(4-30)39-23)41-22-11(29)16(35)14(33)8(3-25)38-22/h5-23,30-36H,1-4,24-29H2/t5-,6?,7?,8?,9?,10?,11?,12?,13-,14-,15?,16+,17?,18-,19-,20+,21-,22-,23?/m1/s1. The van der Waals surface area contributed by atoms with Gasteiger partial charge >= 0.3 is 0 Å². The first-order valence-corrected chi connectivity index (χ1v) is 13.9. The Hall–Kier alpha value is -0.760. The Bertz CT molecular complexity index is 868. The summed E-state index contributed by atoms with van der Waals surface area (Å²) in [7, 11) is 0. The molecule has 10 unspecified atom stereocenters. The monoisotopic (exact) mass is 614 g/mol.